The molecule has 0 aromatic carbocycles. The molecular formula is C3H8N3O2. The topological polar surface area (TPSA) is 81.2 Å². The Labute approximate surface area is 47.0 Å². The molecule has 0 aliphatic carbocycles. The lowest BCUT2D eigenvalue weighted by molar-refractivity contribution is -0.440. The Kier molecular flexibility index (Phi) is 3.05. The molecule has 0 saturated heterocycles. The van der Waals surface area contributed by atoms with Gasteiger partial charge in [0.2, 0.25) is 0 Å². The molecule has 0 amide bonds. The van der Waals surface area contributed by atoms with Crippen molar-refractivity contribution in [1.29, 1.82) is 0 Å². The zero-order chi connectivity index (χ0) is 6.57. The van der Waals surface area contributed by atoms with Gasteiger partial charge in [-0.3, -0.25) is 15.4 Å². The molecule has 0 saturated carbocycles. The summed E-state index contributed by atoms with van der Waals surface area (Å²) in [7, 11) is 1.55. The van der Waals surface area contributed by atoms with E-state index in [9.17, 15) is 10.1 Å². The van der Waals surface area contributed by atoms with Crippen LogP contribution in [-0.4, -0.2) is 18.1 Å². The average Bonchev–Trinajstić information content (AvgIpc) is 1.65. The predicted octanol–water partition coefficient (Wildman–Crippen LogP) is -1.07. The fraction of sp³-hybridized carbons (Fsp3) is 0.667. The number of hydrogen-bond acceptors (Lipinski definition) is 4. The maximum atomic E-state index is 9.60. The molecule has 0 fully saturated rings. The molecule has 0 bridgehead atoms. The molecule has 0 aromatic heterocycles. The van der Waals surface area contributed by atoms with Crippen LogP contribution in [0.5, 0.6) is 0 Å². The molecule has 5 nitrogen and oxygen atoms in total. The summed E-state index contributed by atoms with van der Waals surface area (Å²) in [6.07, 6.45) is -0.648. The third kappa shape index (κ3) is 3.51. The number of hydrogen-bond donors (Lipinski definition) is 2. The van der Waals surface area contributed by atoms with Gasteiger partial charge in [0.05, 0.1) is 0 Å². The van der Waals surface area contributed by atoms with Gasteiger partial charge in [-0.2, -0.15) is 0 Å². The number of nitrogens with two attached hydrogens (primary N) is 1. The Morgan fingerprint density at radius 2 is 2.50 bits per heavy atom. The van der Waals surface area contributed by atoms with Crippen molar-refractivity contribution < 1.29 is 4.92 Å². The second kappa shape index (κ2) is 3.34. The van der Waals surface area contributed by atoms with Crippen LogP contribution in [0.4, 0.5) is 0 Å². The lowest BCUT2D eigenvalue weighted by Gasteiger charge is -1.99. The molecule has 5 heteroatoms. The van der Waals surface area contributed by atoms with Crippen molar-refractivity contribution in [1.82, 2.24) is 5.32 Å². The highest BCUT2D eigenvalue weighted by Gasteiger charge is 2.06. The van der Waals surface area contributed by atoms with Crippen LogP contribution in [-0.2, 0) is 0 Å². The summed E-state index contributed by atoms with van der Waals surface area (Å²) in [5.74, 6) is 0. The Hall–Kier alpha value is -0.680. The Bertz CT molecular complexity index is 84.6. The van der Waals surface area contributed by atoms with Gasteiger partial charge in [0.15, 0.2) is 0 Å². The number of nitrogens with zero attached hydrogens (tertiary/aromatic N) is 1. The molecule has 0 aliphatic heterocycles. The van der Waals surface area contributed by atoms with Gasteiger partial charge in [0, 0.05) is 4.92 Å². The van der Waals surface area contributed by atoms with Crippen LogP contribution >= 0.6 is 0 Å². The van der Waals surface area contributed by atoms with Crippen LogP contribution in [0.15, 0.2) is 0 Å². The van der Waals surface area contributed by atoms with Crippen molar-refractivity contribution in [3.8, 4) is 0 Å². The largest absolute Gasteiger partial charge is 0.310 e. The Balaban J connectivity index is 3.24. The summed E-state index contributed by atoms with van der Waals surface area (Å²) in [5, 5.41) is 12.1. The molecule has 1 radical (unpaired) electrons. The molecule has 0 rings (SSSR count). The summed E-state index contributed by atoms with van der Waals surface area (Å²) in [6.45, 7) is 0.778. The molecule has 0 aromatic rings. The molecule has 1 atom stereocenters. The second-order valence-electron chi connectivity index (χ2n) is 1.25. The van der Waals surface area contributed by atoms with E-state index in [1.54, 1.807) is 7.05 Å². The monoisotopic (exact) mass is 118 g/mol. The Morgan fingerprint density at radius 1 is 2.00 bits per heavy atom. The fourth-order valence-corrected chi connectivity index (χ4v) is 0.206. The van der Waals surface area contributed by atoms with E-state index < -0.39 is 11.1 Å². The minimum atomic E-state index is -0.648. The van der Waals surface area contributed by atoms with E-state index >= 15 is 0 Å². The third-order valence-corrected chi connectivity index (χ3v) is 0.616. The van der Waals surface area contributed by atoms with Crippen LogP contribution < -0.4 is 11.1 Å². The van der Waals surface area contributed by atoms with E-state index in [4.69, 9.17) is 5.73 Å². The summed E-state index contributed by atoms with van der Waals surface area (Å²) in [6, 6.07) is 0. The Morgan fingerprint density at radius 3 is 2.62 bits per heavy atom. The minimum Gasteiger partial charge on any atom is -0.310 e. The third-order valence-electron chi connectivity index (χ3n) is 0.616. The quantitative estimate of drug-likeness (QED) is 0.281. The number of nitro groups is 1. The molecule has 47 valence electrons. The van der Waals surface area contributed by atoms with Gasteiger partial charge >= 0.3 is 6.54 Å². The first-order valence-electron chi connectivity index (χ1n) is 2.08. The first-order chi connectivity index (χ1) is 3.66. The van der Waals surface area contributed by atoms with Crippen molar-refractivity contribution >= 4 is 0 Å². The number of rotatable bonds is 3. The van der Waals surface area contributed by atoms with Gasteiger partial charge in [-0.25, -0.2) is 0 Å². The highest BCUT2D eigenvalue weighted by molar-refractivity contribution is 4.62. The van der Waals surface area contributed by atoms with E-state index in [0.717, 1.165) is 6.54 Å². The zero-order valence-corrected chi connectivity index (χ0v) is 4.50. The van der Waals surface area contributed by atoms with Crippen molar-refractivity contribution in [2.24, 2.45) is 5.73 Å². The lowest BCUT2D eigenvalue weighted by atomic mass is 10.5. The highest BCUT2D eigenvalue weighted by atomic mass is 16.6. The number of likely N-dealkylation sites (N-methyl/N-ethyl adjacent to an activating group) is 1. The van der Waals surface area contributed by atoms with Crippen molar-refractivity contribution in [3.05, 3.63) is 16.7 Å². The fourth-order valence-electron chi connectivity index (χ4n) is 0.206. The molecule has 0 heterocycles. The van der Waals surface area contributed by atoms with E-state index in [2.05, 4.69) is 5.32 Å². The van der Waals surface area contributed by atoms with Gasteiger partial charge < -0.3 is 5.73 Å². The van der Waals surface area contributed by atoms with Crippen molar-refractivity contribution in [2.45, 2.75) is 6.17 Å². The standard InChI is InChI=1S/C3H8N3O2/c1-5-3(4)2-6(7)8/h2-3,5H,4H2,1H3. The zero-order valence-electron chi connectivity index (χ0n) is 4.50. The summed E-state index contributed by atoms with van der Waals surface area (Å²) in [5.41, 5.74) is 5.07. The molecule has 1 unspecified atom stereocenters. The van der Waals surface area contributed by atoms with E-state index in [1.165, 1.54) is 0 Å². The van der Waals surface area contributed by atoms with Gasteiger partial charge in [0.1, 0.15) is 6.17 Å². The first-order valence-corrected chi connectivity index (χ1v) is 2.08. The van der Waals surface area contributed by atoms with E-state index in [0.29, 0.717) is 0 Å². The second-order valence-corrected chi connectivity index (χ2v) is 1.25. The van der Waals surface area contributed by atoms with Crippen LogP contribution in [0.1, 0.15) is 0 Å². The predicted molar refractivity (Wildman–Crippen MR) is 28.3 cm³/mol. The number of nitrogens with one attached hydrogen (secondary N) is 1. The summed E-state index contributed by atoms with van der Waals surface area (Å²) in [4.78, 5) is 9.02. The van der Waals surface area contributed by atoms with E-state index in [1.807, 2.05) is 0 Å². The maximum Gasteiger partial charge on any atom is 0.309 e. The van der Waals surface area contributed by atoms with Crippen molar-refractivity contribution in [2.75, 3.05) is 7.05 Å². The van der Waals surface area contributed by atoms with Gasteiger partial charge in [0.25, 0.3) is 0 Å². The van der Waals surface area contributed by atoms with Gasteiger partial charge in [-0.1, -0.05) is 0 Å². The lowest BCUT2D eigenvalue weighted by Crippen LogP contribution is -2.36. The van der Waals surface area contributed by atoms with Crippen molar-refractivity contribution in [3.63, 3.8) is 0 Å². The minimum absolute atomic E-state index is 0.582. The molecule has 8 heavy (non-hydrogen) atoms. The SMILES string of the molecule is CNC(N)[CH][N+](=O)[O-]. The normalized spacial score (nSPS) is 13.2. The summed E-state index contributed by atoms with van der Waals surface area (Å²) < 4.78 is 0. The summed E-state index contributed by atoms with van der Waals surface area (Å²) >= 11 is 0. The average molecular weight is 118 g/mol. The highest BCUT2D eigenvalue weighted by Crippen LogP contribution is 1.78. The smallest absolute Gasteiger partial charge is 0.309 e. The molecule has 0 aliphatic rings. The first kappa shape index (κ1) is 7.32. The van der Waals surface area contributed by atoms with Crippen LogP contribution in [0.25, 0.3) is 0 Å². The van der Waals surface area contributed by atoms with Gasteiger partial charge in [-0.15, -0.1) is 0 Å². The molecular weight excluding hydrogens is 110 g/mol. The van der Waals surface area contributed by atoms with Gasteiger partial charge in [-0.05, 0) is 7.05 Å². The maximum absolute atomic E-state index is 9.60. The van der Waals surface area contributed by atoms with Crippen LogP contribution in [0, 0.1) is 16.7 Å². The van der Waals surface area contributed by atoms with E-state index in [-0.39, 0.29) is 0 Å². The molecule has 0 spiro atoms. The van der Waals surface area contributed by atoms with Crippen LogP contribution in [0.3, 0.4) is 0 Å². The molecule has 3 N–H and O–H groups in total. The van der Waals surface area contributed by atoms with Crippen LogP contribution in [0.2, 0.25) is 0 Å².